The topological polar surface area (TPSA) is 29.1 Å². The van der Waals surface area contributed by atoms with Gasteiger partial charge in [0.25, 0.3) is 0 Å². The minimum atomic E-state index is -0.613. The highest BCUT2D eigenvalue weighted by atomic mass is 35.5. The van der Waals surface area contributed by atoms with Gasteiger partial charge in [0.05, 0.1) is 0 Å². The van der Waals surface area contributed by atoms with E-state index in [-0.39, 0.29) is 11.4 Å². The summed E-state index contributed by atoms with van der Waals surface area (Å²) in [6.07, 6.45) is 2.57. The molecule has 1 aliphatic rings. The van der Waals surface area contributed by atoms with Crippen molar-refractivity contribution < 1.29 is 4.79 Å². The van der Waals surface area contributed by atoms with Crippen LogP contribution in [0.15, 0.2) is 24.3 Å². The third-order valence-corrected chi connectivity index (χ3v) is 3.46. The summed E-state index contributed by atoms with van der Waals surface area (Å²) >= 11 is 6.20. The van der Waals surface area contributed by atoms with Crippen LogP contribution in [0.2, 0.25) is 0 Å². The SMILES string of the molecule is CC(C)(C)NC(=O)C(Cl)c1ccc(C2CC2)cc1. The van der Waals surface area contributed by atoms with Gasteiger partial charge in [-0.05, 0) is 50.7 Å². The number of carbonyl (C=O) groups excluding carboxylic acids is 1. The molecule has 0 bridgehead atoms. The van der Waals surface area contributed by atoms with Crippen LogP contribution < -0.4 is 5.32 Å². The molecule has 1 amide bonds. The van der Waals surface area contributed by atoms with Gasteiger partial charge in [-0.2, -0.15) is 0 Å². The molecule has 1 atom stereocenters. The molecule has 1 aliphatic carbocycles. The van der Waals surface area contributed by atoms with Crippen molar-refractivity contribution in [1.82, 2.24) is 5.32 Å². The lowest BCUT2D eigenvalue weighted by Gasteiger charge is -2.22. The van der Waals surface area contributed by atoms with Crippen molar-refractivity contribution >= 4 is 17.5 Å². The smallest absolute Gasteiger partial charge is 0.242 e. The summed E-state index contributed by atoms with van der Waals surface area (Å²) < 4.78 is 0. The van der Waals surface area contributed by atoms with Gasteiger partial charge in [-0.3, -0.25) is 4.79 Å². The van der Waals surface area contributed by atoms with Crippen LogP contribution in [0.3, 0.4) is 0 Å². The van der Waals surface area contributed by atoms with E-state index in [1.54, 1.807) is 0 Å². The number of nitrogens with one attached hydrogen (secondary N) is 1. The Labute approximate surface area is 114 Å². The Morgan fingerprint density at radius 3 is 2.28 bits per heavy atom. The average Bonchev–Trinajstić information content (AvgIpc) is 3.10. The van der Waals surface area contributed by atoms with Crippen molar-refractivity contribution in [3.63, 3.8) is 0 Å². The minimum absolute atomic E-state index is 0.136. The molecule has 0 aromatic heterocycles. The van der Waals surface area contributed by atoms with Gasteiger partial charge in [0.2, 0.25) is 5.91 Å². The molecule has 2 nitrogen and oxygen atoms in total. The van der Waals surface area contributed by atoms with Crippen molar-refractivity contribution in [3.8, 4) is 0 Å². The first kappa shape index (κ1) is 13.4. The molecule has 1 saturated carbocycles. The molecule has 1 aromatic carbocycles. The minimum Gasteiger partial charge on any atom is -0.350 e. The molecule has 0 spiro atoms. The van der Waals surface area contributed by atoms with Crippen LogP contribution in [-0.4, -0.2) is 11.4 Å². The fraction of sp³-hybridized carbons (Fsp3) is 0.533. The Bertz CT molecular complexity index is 429. The van der Waals surface area contributed by atoms with E-state index in [4.69, 9.17) is 11.6 Å². The number of hydrogen-bond donors (Lipinski definition) is 1. The van der Waals surface area contributed by atoms with Crippen LogP contribution in [0.1, 0.15) is 56.0 Å². The molecular formula is C15H20ClNO. The van der Waals surface area contributed by atoms with E-state index >= 15 is 0 Å². The zero-order valence-electron chi connectivity index (χ0n) is 11.2. The van der Waals surface area contributed by atoms with Crippen molar-refractivity contribution in [1.29, 1.82) is 0 Å². The summed E-state index contributed by atoms with van der Waals surface area (Å²) in [5.74, 6) is 0.597. The number of amides is 1. The van der Waals surface area contributed by atoms with Gasteiger partial charge in [0, 0.05) is 5.54 Å². The summed E-state index contributed by atoms with van der Waals surface area (Å²) in [5.41, 5.74) is 1.97. The van der Waals surface area contributed by atoms with E-state index in [0.29, 0.717) is 0 Å². The molecule has 0 heterocycles. The maximum Gasteiger partial charge on any atom is 0.242 e. The number of hydrogen-bond acceptors (Lipinski definition) is 1. The van der Waals surface area contributed by atoms with E-state index in [1.807, 2.05) is 32.9 Å². The molecule has 18 heavy (non-hydrogen) atoms. The van der Waals surface area contributed by atoms with Crippen LogP contribution >= 0.6 is 11.6 Å². The number of alkyl halides is 1. The van der Waals surface area contributed by atoms with Crippen molar-refractivity contribution in [2.24, 2.45) is 0 Å². The number of carbonyl (C=O) groups is 1. The monoisotopic (exact) mass is 265 g/mol. The predicted octanol–water partition coefficient (Wildman–Crippen LogP) is 3.76. The first-order valence-corrected chi connectivity index (χ1v) is 6.86. The van der Waals surface area contributed by atoms with Crippen molar-refractivity contribution in [2.45, 2.75) is 50.4 Å². The van der Waals surface area contributed by atoms with Crippen LogP contribution in [0.4, 0.5) is 0 Å². The molecule has 0 saturated heterocycles. The van der Waals surface area contributed by atoms with E-state index < -0.39 is 5.38 Å². The fourth-order valence-electron chi connectivity index (χ4n) is 1.94. The maximum absolute atomic E-state index is 11.9. The van der Waals surface area contributed by atoms with Crippen LogP contribution in [0.5, 0.6) is 0 Å². The lowest BCUT2D eigenvalue weighted by molar-refractivity contribution is -0.122. The number of benzene rings is 1. The van der Waals surface area contributed by atoms with E-state index in [2.05, 4.69) is 17.4 Å². The molecule has 0 radical (unpaired) electrons. The van der Waals surface area contributed by atoms with E-state index in [1.165, 1.54) is 18.4 Å². The highest BCUT2D eigenvalue weighted by molar-refractivity contribution is 6.30. The molecule has 98 valence electrons. The average molecular weight is 266 g/mol. The molecule has 1 aromatic rings. The van der Waals surface area contributed by atoms with Gasteiger partial charge in [0.1, 0.15) is 5.38 Å². The Kier molecular flexibility index (Phi) is 3.67. The standard InChI is InChI=1S/C15H20ClNO/c1-15(2,3)17-14(18)13(16)12-8-6-11(7-9-12)10-4-5-10/h6-10,13H,4-5H2,1-3H3,(H,17,18). The largest absolute Gasteiger partial charge is 0.350 e. The highest BCUT2D eigenvalue weighted by Crippen LogP contribution is 2.40. The molecular weight excluding hydrogens is 246 g/mol. The third kappa shape index (κ3) is 3.49. The fourth-order valence-corrected chi connectivity index (χ4v) is 2.14. The molecule has 3 heteroatoms. The Balaban J connectivity index is 2.03. The third-order valence-electron chi connectivity index (χ3n) is 3.01. The van der Waals surface area contributed by atoms with E-state index in [9.17, 15) is 4.79 Å². The highest BCUT2D eigenvalue weighted by Gasteiger charge is 2.25. The van der Waals surface area contributed by atoms with Gasteiger partial charge < -0.3 is 5.32 Å². The van der Waals surface area contributed by atoms with Crippen molar-refractivity contribution in [2.75, 3.05) is 0 Å². The Hall–Kier alpha value is -1.02. The van der Waals surface area contributed by atoms with Gasteiger partial charge in [-0.15, -0.1) is 11.6 Å². The second-order valence-corrected chi connectivity index (χ2v) is 6.48. The molecule has 2 rings (SSSR count). The van der Waals surface area contributed by atoms with Crippen LogP contribution in [0, 0.1) is 0 Å². The number of rotatable bonds is 3. The van der Waals surface area contributed by atoms with Gasteiger partial charge in [-0.1, -0.05) is 24.3 Å². The van der Waals surface area contributed by atoms with Gasteiger partial charge in [-0.25, -0.2) is 0 Å². The summed E-state index contributed by atoms with van der Waals surface area (Å²) in [4.78, 5) is 11.9. The quantitative estimate of drug-likeness (QED) is 0.829. The first-order chi connectivity index (χ1) is 8.37. The second kappa shape index (κ2) is 4.93. The predicted molar refractivity (Wildman–Crippen MR) is 74.9 cm³/mol. The molecule has 1 unspecified atom stereocenters. The maximum atomic E-state index is 11.9. The second-order valence-electron chi connectivity index (χ2n) is 6.04. The van der Waals surface area contributed by atoms with Crippen molar-refractivity contribution in [3.05, 3.63) is 35.4 Å². The molecule has 1 N–H and O–H groups in total. The Morgan fingerprint density at radius 1 is 1.28 bits per heavy atom. The summed E-state index contributed by atoms with van der Waals surface area (Å²) in [6, 6.07) is 8.11. The summed E-state index contributed by atoms with van der Waals surface area (Å²) in [5, 5.41) is 2.28. The molecule has 0 aliphatic heterocycles. The van der Waals surface area contributed by atoms with Crippen LogP contribution in [-0.2, 0) is 4.79 Å². The lowest BCUT2D eigenvalue weighted by atomic mass is 10.0. The normalized spacial score (nSPS) is 17.3. The van der Waals surface area contributed by atoms with Crippen LogP contribution in [0.25, 0.3) is 0 Å². The zero-order chi connectivity index (χ0) is 13.3. The summed E-state index contributed by atoms with van der Waals surface area (Å²) in [7, 11) is 0. The van der Waals surface area contributed by atoms with E-state index in [0.717, 1.165) is 11.5 Å². The lowest BCUT2D eigenvalue weighted by Crippen LogP contribution is -2.42. The molecule has 1 fully saturated rings. The Morgan fingerprint density at radius 2 is 1.83 bits per heavy atom. The van der Waals surface area contributed by atoms with Gasteiger partial charge in [0.15, 0.2) is 0 Å². The first-order valence-electron chi connectivity index (χ1n) is 6.43. The summed E-state index contributed by atoms with van der Waals surface area (Å²) in [6.45, 7) is 5.85. The zero-order valence-corrected chi connectivity index (χ0v) is 11.9. The number of halogens is 1. The van der Waals surface area contributed by atoms with Gasteiger partial charge >= 0.3 is 0 Å².